The van der Waals surface area contributed by atoms with Gasteiger partial charge in [-0.2, -0.15) is 0 Å². The Morgan fingerprint density at radius 2 is 0.879 bits per heavy atom. The van der Waals surface area contributed by atoms with E-state index in [0.717, 1.165) is 26.4 Å². The maximum Gasteiger partial charge on any atom is 0.0500 e. The monoisotopic (exact) mass is 554 g/mol. The summed E-state index contributed by atoms with van der Waals surface area (Å²) in [6.45, 7) is 0. The maximum absolute atomic E-state index is 3.70. The minimum absolute atomic E-state index is 0.824. The topological polar surface area (TPSA) is 31.6 Å². The standard InChI is InChI=1S/C29H20Br2N2/c30-20-13-9-18(10-14-20)28-24(22-5-1-3-7-26(22)32-28)17-25-23-6-2-4-8-27(23)33-29(25)19-11-15-21(31)16-12-19/h1-16,32-33H,17H2. The number of hydrogen-bond acceptors (Lipinski definition) is 0. The van der Waals surface area contributed by atoms with E-state index in [1.165, 1.54) is 44.4 Å². The predicted octanol–water partition coefficient (Wildman–Crippen LogP) is 9.10. The van der Waals surface area contributed by atoms with E-state index in [1.54, 1.807) is 0 Å². The zero-order valence-electron chi connectivity index (χ0n) is 17.7. The summed E-state index contributed by atoms with van der Waals surface area (Å²) in [5.74, 6) is 0. The van der Waals surface area contributed by atoms with Crippen molar-refractivity contribution in [1.29, 1.82) is 0 Å². The van der Waals surface area contributed by atoms with Crippen molar-refractivity contribution in [3.63, 3.8) is 0 Å². The van der Waals surface area contributed by atoms with Gasteiger partial charge in [0.2, 0.25) is 0 Å². The molecule has 0 atom stereocenters. The Balaban J connectivity index is 1.58. The zero-order valence-corrected chi connectivity index (χ0v) is 20.9. The van der Waals surface area contributed by atoms with Gasteiger partial charge in [0.1, 0.15) is 0 Å². The summed E-state index contributed by atoms with van der Waals surface area (Å²) in [4.78, 5) is 7.39. The Hall–Kier alpha value is -3.08. The molecule has 160 valence electrons. The number of para-hydroxylation sites is 2. The third kappa shape index (κ3) is 3.73. The number of hydrogen-bond donors (Lipinski definition) is 2. The molecular formula is C29H20Br2N2. The van der Waals surface area contributed by atoms with E-state index in [0.29, 0.717) is 0 Å². The van der Waals surface area contributed by atoms with Crippen LogP contribution < -0.4 is 0 Å². The minimum Gasteiger partial charge on any atom is -0.354 e. The van der Waals surface area contributed by atoms with E-state index in [4.69, 9.17) is 0 Å². The number of halogens is 2. The van der Waals surface area contributed by atoms with Crippen LogP contribution in [0.15, 0.2) is 106 Å². The van der Waals surface area contributed by atoms with Gasteiger partial charge >= 0.3 is 0 Å². The molecule has 0 unspecified atom stereocenters. The summed E-state index contributed by atoms with van der Waals surface area (Å²) < 4.78 is 2.16. The first kappa shape index (κ1) is 20.5. The fourth-order valence-electron chi connectivity index (χ4n) is 4.67. The van der Waals surface area contributed by atoms with Crippen LogP contribution in [0.1, 0.15) is 11.1 Å². The van der Waals surface area contributed by atoms with Crippen molar-refractivity contribution in [3.8, 4) is 22.5 Å². The quantitative estimate of drug-likeness (QED) is 0.217. The Morgan fingerprint density at radius 3 is 1.30 bits per heavy atom. The number of benzene rings is 4. The van der Waals surface area contributed by atoms with E-state index < -0.39 is 0 Å². The van der Waals surface area contributed by atoms with E-state index in [9.17, 15) is 0 Å². The SMILES string of the molecule is Brc1ccc(-c2[nH]c3ccccc3c2Cc2c(-c3ccc(Br)cc3)[nH]c3ccccc23)cc1. The summed E-state index contributed by atoms with van der Waals surface area (Å²) >= 11 is 7.14. The lowest BCUT2D eigenvalue weighted by atomic mass is 9.95. The smallest absolute Gasteiger partial charge is 0.0500 e. The molecule has 0 aliphatic carbocycles. The van der Waals surface area contributed by atoms with Crippen LogP contribution in [0.2, 0.25) is 0 Å². The van der Waals surface area contributed by atoms with Gasteiger partial charge in [-0.1, -0.05) is 92.5 Å². The number of rotatable bonds is 4. The fraction of sp³-hybridized carbons (Fsp3) is 0.0345. The summed E-state index contributed by atoms with van der Waals surface area (Å²) in [5.41, 5.74) is 9.69. The normalized spacial score (nSPS) is 11.5. The van der Waals surface area contributed by atoms with Gasteiger partial charge in [0.15, 0.2) is 0 Å². The molecular weight excluding hydrogens is 536 g/mol. The van der Waals surface area contributed by atoms with Gasteiger partial charge in [-0.05, 0) is 58.7 Å². The van der Waals surface area contributed by atoms with Crippen molar-refractivity contribution < 1.29 is 0 Å². The number of fused-ring (bicyclic) bond motifs is 2. The second-order valence-corrected chi connectivity index (χ2v) is 10.1. The molecule has 0 aliphatic rings. The predicted molar refractivity (Wildman–Crippen MR) is 146 cm³/mol. The van der Waals surface area contributed by atoms with Gasteiger partial charge in [0.05, 0.1) is 11.4 Å². The lowest BCUT2D eigenvalue weighted by molar-refractivity contribution is 1.22. The first-order valence-electron chi connectivity index (χ1n) is 10.9. The molecule has 2 aromatic heterocycles. The van der Waals surface area contributed by atoms with Gasteiger partial charge in [-0.3, -0.25) is 0 Å². The average Bonchev–Trinajstić information content (AvgIpc) is 3.39. The maximum atomic E-state index is 3.70. The van der Waals surface area contributed by atoms with Crippen LogP contribution in [0.3, 0.4) is 0 Å². The van der Waals surface area contributed by atoms with E-state index >= 15 is 0 Å². The molecule has 0 amide bonds. The zero-order chi connectivity index (χ0) is 22.4. The fourth-order valence-corrected chi connectivity index (χ4v) is 5.20. The molecule has 0 spiro atoms. The third-order valence-electron chi connectivity index (χ3n) is 6.25. The molecule has 6 aromatic rings. The molecule has 0 bridgehead atoms. The molecule has 2 heterocycles. The van der Waals surface area contributed by atoms with Crippen LogP contribution in [-0.2, 0) is 6.42 Å². The average molecular weight is 556 g/mol. The lowest BCUT2D eigenvalue weighted by Crippen LogP contribution is -1.93. The molecule has 0 aliphatic heterocycles. The van der Waals surface area contributed by atoms with Crippen LogP contribution in [0.4, 0.5) is 0 Å². The molecule has 2 nitrogen and oxygen atoms in total. The minimum atomic E-state index is 0.824. The Morgan fingerprint density at radius 1 is 0.485 bits per heavy atom. The van der Waals surface area contributed by atoms with Crippen molar-refractivity contribution >= 4 is 53.7 Å². The first-order chi connectivity index (χ1) is 16.2. The number of aromatic amines is 2. The van der Waals surface area contributed by atoms with Crippen LogP contribution in [0, 0.1) is 0 Å². The van der Waals surface area contributed by atoms with Gasteiger partial charge in [0, 0.05) is 37.2 Å². The second-order valence-electron chi connectivity index (χ2n) is 8.24. The Kier molecular flexibility index (Phi) is 5.20. The molecule has 0 fully saturated rings. The van der Waals surface area contributed by atoms with Gasteiger partial charge in [-0.25, -0.2) is 0 Å². The van der Waals surface area contributed by atoms with Crippen molar-refractivity contribution in [3.05, 3.63) is 117 Å². The molecule has 2 N–H and O–H groups in total. The van der Waals surface area contributed by atoms with E-state index in [2.05, 4.69) is 139 Å². The van der Waals surface area contributed by atoms with Gasteiger partial charge in [0.25, 0.3) is 0 Å². The van der Waals surface area contributed by atoms with Crippen molar-refractivity contribution in [1.82, 2.24) is 9.97 Å². The van der Waals surface area contributed by atoms with E-state index in [1.807, 2.05) is 0 Å². The summed E-state index contributed by atoms with van der Waals surface area (Å²) in [6, 6.07) is 34.3. The summed E-state index contributed by atoms with van der Waals surface area (Å²) in [5, 5.41) is 2.53. The number of aromatic nitrogens is 2. The highest BCUT2D eigenvalue weighted by molar-refractivity contribution is 9.10. The number of nitrogens with one attached hydrogen (secondary N) is 2. The highest BCUT2D eigenvalue weighted by atomic mass is 79.9. The largest absolute Gasteiger partial charge is 0.354 e. The van der Waals surface area contributed by atoms with Crippen molar-refractivity contribution in [2.45, 2.75) is 6.42 Å². The molecule has 0 saturated heterocycles. The summed E-state index contributed by atoms with van der Waals surface area (Å²) in [7, 11) is 0. The highest BCUT2D eigenvalue weighted by Crippen LogP contribution is 2.38. The molecule has 6 rings (SSSR count). The third-order valence-corrected chi connectivity index (χ3v) is 7.30. The number of H-pyrrole nitrogens is 2. The van der Waals surface area contributed by atoms with Gasteiger partial charge < -0.3 is 9.97 Å². The highest BCUT2D eigenvalue weighted by Gasteiger charge is 2.19. The molecule has 0 radical (unpaired) electrons. The van der Waals surface area contributed by atoms with Crippen molar-refractivity contribution in [2.24, 2.45) is 0 Å². The van der Waals surface area contributed by atoms with Crippen LogP contribution in [0.25, 0.3) is 44.3 Å². The molecule has 33 heavy (non-hydrogen) atoms. The molecule has 4 aromatic carbocycles. The molecule has 4 heteroatoms. The Labute approximate surface area is 208 Å². The van der Waals surface area contributed by atoms with Gasteiger partial charge in [-0.15, -0.1) is 0 Å². The first-order valence-corrected chi connectivity index (χ1v) is 12.5. The second kappa shape index (κ2) is 8.36. The van der Waals surface area contributed by atoms with E-state index in [-0.39, 0.29) is 0 Å². The van der Waals surface area contributed by atoms with Crippen LogP contribution >= 0.6 is 31.9 Å². The van der Waals surface area contributed by atoms with Crippen LogP contribution in [0.5, 0.6) is 0 Å². The summed E-state index contributed by atoms with van der Waals surface area (Å²) in [6.07, 6.45) is 0.824. The van der Waals surface area contributed by atoms with Crippen LogP contribution in [-0.4, -0.2) is 9.97 Å². The lowest BCUT2D eigenvalue weighted by Gasteiger charge is -2.09. The van der Waals surface area contributed by atoms with Crippen molar-refractivity contribution in [2.75, 3.05) is 0 Å². The molecule has 0 saturated carbocycles. The Bertz CT molecular complexity index is 1470.